The summed E-state index contributed by atoms with van der Waals surface area (Å²) in [5.74, 6) is 0.519. The quantitative estimate of drug-likeness (QED) is 0.767. The van der Waals surface area contributed by atoms with Crippen LogP contribution in [-0.4, -0.2) is 27.0 Å². The number of nitrogens with zero attached hydrogens (tertiary/aromatic N) is 1. The lowest BCUT2D eigenvalue weighted by molar-refractivity contribution is -0.106. The highest BCUT2D eigenvalue weighted by atomic mass is 35.5. The van der Waals surface area contributed by atoms with E-state index in [1.807, 2.05) is 0 Å². The van der Waals surface area contributed by atoms with E-state index in [4.69, 9.17) is 27.9 Å². The number of rotatable bonds is 4. The normalized spacial score (nSPS) is 9.87. The Balaban J connectivity index is 3.19. The first-order valence-electron chi connectivity index (χ1n) is 4.28. The van der Waals surface area contributed by atoms with Crippen LogP contribution in [0.25, 0.3) is 0 Å². The van der Waals surface area contributed by atoms with Gasteiger partial charge >= 0.3 is 0 Å². The molecule has 0 N–H and O–H groups in total. The largest absolute Gasteiger partial charge is 0.493 e. The van der Waals surface area contributed by atoms with E-state index in [9.17, 15) is 4.79 Å². The van der Waals surface area contributed by atoms with E-state index in [0.717, 1.165) is 6.29 Å². The number of anilines is 1. The average molecular weight is 248 g/mol. The van der Waals surface area contributed by atoms with Gasteiger partial charge in [0.15, 0.2) is 5.75 Å². The van der Waals surface area contributed by atoms with Gasteiger partial charge in [-0.25, -0.2) is 0 Å². The van der Waals surface area contributed by atoms with Crippen LogP contribution in [0.5, 0.6) is 5.75 Å². The van der Waals surface area contributed by atoms with Gasteiger partial charge in [-0.15, -0.1) is 0 Å². The van der Waals surface area contributed by atoms with Crippen LogP contribution in [-0.2, 0) is 4.79 Å². The van der Waals surface area contributed by atoms with Crippen molar-refractivity contribution in [2.45, 2.75) is 0 Å². The molecule has 0 fully saturated rings. The lowest BCUT2D eigenvalue weighted by Gasteiger charge is -2.20. The van der Waals surface area contributed by atoms with Crippen LogP contribution in [0.4, 0.5) is 5.69 Å². The number of hydrogen-bond acceptors (Lipinski definition) is 3. The second-order valence-corrected chi connectivity index (χ2v) is 3.83. The minimum atomic E-state index is 0.257. The van der Waals surface area contributed by atoms with Gasteiger partial charge in [0.05, 0.1) is 24.4 Å². The fraction of sp³-hybridized carbons (Fsp3) is 0.300. The molecule has 0 saturated carbocycles. The van der Waals surface area contributed by atoms with Crippen LogP contribution in [0.3, 0.4) is 0 Å². The van der Waals surface area contributed by atoms with Crippen LogP contribution in [0.1, 0.15) is 0 Å². The number of halogens is 2. The van der Waals surface area contributed by atoms with Crippen LogP contribution < -0.4 is 9.64 Å². The maximum absolute atomic E-state index is 10.4. The number of benzene rings is 1. The van der Waals surface area contributed by atoms with Crippen LogP contribution in [0, 0.1) is 0 Å². The van der Waals surface area contributed by atoms with E-state index in [1.54, 1.807) is 24.1 Å². The zero-order valence-electron chi connectivity index (χ0n) is 8.46. The number of aldehydes is 1. The van der Waals surface area contributed by atoms with Crippen molar-refractivity contribution in [1.29, 1.82) is 0 Å². The predicted molar refractivity (Wildman–Crippen MR) is 62.3 cm³/mol. The zero-order valence-corrected chi connectivity index (χ0v) is 9.97. The van der Waals surface area contributed by atoms with Crippen molar-refractivity contribution < 1.29 is 9.53 Å². The third-order valence-corrected chi connectivity index (χ3v) is 2.45. The molecule has 0 aromatic heterocycles. The molecule has 82 valence electrons. The Morgan fingerprint density at radius 3 is 2.67 bits per heavy atom. The molecular weight excluding hydrogens is 237 g/mol. The number of carbonyl (C=O) groups excluding carboxylic acids is 1. The van der Waals surface area contributed by atoms with Gasteiger partial charge in [0.25, 0.3) is 0 Å². The third-order valence-electron chi connectivity index (χ3n) is 1.95. The molecule has 0 aliphatic heterocycles. The summed E-state index contributed by atoms with van der Waals surface area (Å²) in [7, 11) is 3.28. The number of hydrogen-bond donors (Lipinski definition) is 0. The molecule has 15 heavy (non-hydrogen) atoms. The van der Waals surface area contributed by atoms with E-state index in [0.29, 0.717) is 21.5 Å². The molecule has 0 aliphatic carbocycles. The van der Waals surface area contributed by atoms with Crippen LogP contribution in [0.15, 0.2) is 12.1 Å². The molecule has 1 aromatic rings. The maximum Gasteiger partial charge on any atom is 0.160 e. The molecule has 0 aliphatic rings. The van der Waals surface area contributed by atoms with E-state index >= 15 is 0 Å². The minimum Gasteiger partial charge on any atom is -0.493 e. The Morgan fingerprint density at radius 1 is 1.47 bits per heavy atom. The smallest absolute Gasteiger partial charge is 0.160 e. The predicted octanol–water partition coefficient (Wildman–Crippen LogP) is 2.64. The lowest BCUT2D eigenvalue weighted by Crippen LogP contribution is -2.20. The summed E-state index contributed by atoms with van der Waals surface area (Å²) < 4.78 is 5.15. The van der Waals surface area contributed by atoms with Gasteiger partial charge in [-0.2, -0.15) is 0 Å². The summed E-state index contributed by atoms with van der Waals surface area (Å²) >= 11 is 11.8. The fourth-order valence-electron chi connectivity index (χ4n) is 1.24. The van der Waals surface area contributed by atoms with E-state index in [1.165, 1.54) is 7.11 Å². The molecule has 0 saturated heterocycles. The average Bonchev–Trinajstić information content (AvgIpc) is 2.17. The monoisotopic (exact) mass is 247 g/mol. The molecule has 0 bridgehead atoms. The molecule has 5 heteroatoms. The standard InChI is InChI=1S/C10H11Cl2NO2/c1-13(3-4-14)9-6-7(11)5-8(12)10(9)15-2/h4-6H,3H2,1-2H3. The topological polar surface area (TPSA) is 29.5 Å². The van der Waals surface area contributed by atoms with Crippen molar-refractivity contribution in [2.24, 2.45) is 0 Å². The third kappa shape index (κ3) is 2.76. The minimum absolute atomic E-state index is 0.257. The Labute approximate surface area is 98.5 Å². The van der Waals surface area contributed by atoms with E-state index in [2.05, 4.69) is 0 Å². The highest BCUT2D eigenvalue weighted by Gasteiger charge is 2.12. The summed E-state index contributed by atoms with van der Waals surface area (Å²) in [6.45, 7) is 0.257. The molecule has 1 rings (SSSR count). The summed E-state index contributed by atoms with van der Waals surface area (Å²) in [5, 5.41) is 0.936. The van der Waals surface area contributed by atoms with Crippen LogP contribution in [0.2, 0.25) is 10.0 Å². The first kappa shape index (κ1) is 12.1. The van der Waals surface area contributed by atoms with Gasteiger partial charge in [0, 0.05) is 12.1 Å². The molecule has 0 unspecified atom stereocenters. The fourth-order valence-corrected chi connectivity index (χ4v) is 1.80. The van der Waals surface area contributed by atoms with Gasteiger partial charge in [-0.3, -0.25) is 0 Å². The molecule has 0 heterocycles. The molecule has 1 aromatic carbocycles. The summed E-state index contributed by atoms with van der Waals surface area (Å²) in [5.41, 5.74) is 0.696. The highest BCUT2D eigenvalue weighted by Crippen LogP contribution is 2.37. The highest BCUT2D eigenvalue weighted by molar-refractivity contribution is 6.36. The summed E-state index contributed by atoms with van der Waals surface area (Å²) in [4.78, 5) is 12.1. The summed E-state index contributed by atoms with van der Waals surface area (Å²) in [6, 6.07) is 3.30. The number of likely N-dealkylation sites (N-methyl/N-ethyl adjacent to an activating group) is 1. The van der Waals surface area contributed by atoms with Gasteiger partial charge in [-0.1, -0.05) is 23.2 Å². The van der Waals surface area contributed by atoms with E-state index in [-0.39, 0.29) is 6.54 Å². The zero-order chi connectivity index (χ0) is 11.4. The first-order chi connectivity index (χ1) is 7.10. The SMILES string of the molecule is COc1c(Cl)cc(Cl)cc1N(C)CC=O. The Hall–Kier alpha value is -0.930. The maximum atomic E-state index is 10.4. The number of ether oxygens (including phenoxy) is 1. The Bertz CT molecular complexity index is 369. The molecule has 0 spiro atoms. The lowest BCUT2D eigenvalue weighted by atomic mass is 10.2. The number of methoxy groups -OCH3 is 1. The van der Waals surface area contributed by atoms with Crippen LogP contribution >= 0.6 is 23.2 Å². The van der Waals surface area contributed by atoms with Crippen molar-refractivity contribution in [3.63, 3.8) is 0 Å². The molecule has 0 amide bonds. The van der Waals surface area contributed by atoms with E-state index < -0.39 is 0 Å². The Kier molecular flexibility index (Phi) is 4.24. The molecule has 0 radical (unpaired) electrons. The van der Waals surface area contributed by atoms with Crippen molar-refractivity contribution in [1.82, 2.24) is 0 Å². The van der Waals surface area contributed by atoms with Crippen molar-refractivity contribution in [3.05, 3.63) is 22.2 Å². The summed E-state index contributed by atoms with van der Waals surface area (Å²) in [6.07, 6.45) is 0.800. The number of carbonyl (C=O) groups is 1. The van der Waals surface area contributed by atoms with Gasteiger partial charge < -0.3 is 14.4 Å². The van der Waals surface area contributed by atoms with Gasteiger partial charge in [0.2, 0.25) is 0 Å². The van der Waals surface area contributed by atoms with Gasteiger partial charge in [0.1, 0.15) is 6.29 Å². The second-order valence-electron chi connectivity index (χ2n) is 2.99. The Morgan fingerprint density at radius 2 is 2.13 bits per heavy atom. The first-order valence-corrected chi connectivity index (χ1v) is 5.03. The second kappa shape index (κ2) is 5.24. The molecule has 0 atom stereocenters. The van der Waals surface area contributed by atoms with Gasteiger partial charge in [-0.05, 0) is 12.1 Å². The van der Waals surface area contributed by atoms with Crippen molar-refractivity contribution in [3.8, 4) is 5.75 Å². The van der Waals surface area contributed by atoms with Crippen molar-refractivity contribution >= 4 is 35.2 Å². The molecular formula is C10H11Cl2NO2. The molecule has 3 nitrogen and oxygen atoms in total. The van der Waals surface area contributed by atoms with Crippen molar-refractivity contribution in [2.75, 3.05) is 25.6 Å².